The highest BCUT2D eigenvalue weighted by molar-refractivity contribution is 14.0. The van der Waals surface area contributed by atoms with Crippen LogP contribution in [0.2, 0.25) is 0 Å². The lowest BCUT2D eigenvalue weighted by molar-refractivity contribution is -0.132. The first-order valence-corrected chi connectivity index (χ1v) is 7.39. The fourth-order valence-electron chi connectivity index (χ4n) is 1.61. The van der Waals surface area contributed by atoms with Gasteiger partial charge < -0.3 is 15.7 Å². The first-order valence-electron chi connectivity index (χ1n) is 6.24. The molecule has 1 aliphatic rings. The summed E-state index contributed by atoms with van der Waals surface area (Å²) in [5.41, 5.74) is -0.822. The van der Waals surface area contributed by atoms with Crippen molar-refractivity contribution in [2.45, 2.75) is 31.5 Å². The van der Waals surface area contributed by atoms with E-state index in [9.17, 15) is 18.3 Å². The summed E-state index contributed by atoms with van der Waals surface area (Å²) in [6.07, 6.45) is -4.41. The maximum Gasteiger partial charge on any atom is 0.390 e. The van der Waals surface area contributed by atoms with Gasteiger partial charge in [-0.3, -0.25) is 4.99 Å². The number of nitrogens with zero attached hydrogens (tertiary/aromatic N) is 1. The molecule has 0 aliphatic carbocycles. The van der Waals surface area contributed by atoms with Gasteiger partial charge in [0.2, 0.25) is 0 Å². The van der Waals surface area contributed by atoms with Crippen LogP contribution in [0.1, 0.15) is 19.8 Å². The van der Waals surface area contributed by atoms with Gasteiger partial charge in [-0.2, -0.15) is 24.9 Å². The molecule has 1 unspecified atom stereocenters. The lowest BCUT2D eigenvalue weighted by Gasteiger charge is -2.20. The molecule has 0 amide bonds. The van der Waals surface area contributed by atoms with Crippen LogP contribution in [0, 0.1) is 0 Å². The maximum atomic E-state index is 12.0. The normalized spacial score (nSPS) is 23.4. The van der Waals surface area contributed by atoms with Gasteiger partial charge in [0, 0.05) is 18.8 Å². The Morgan fingerprint density at radius 1 is 1.40 bits per heavy atom. The minimum atomic E-state index is -4.18. The van der Waals surface area contributed by atoms with Gasteiger partial charge in [-0.05, 0) is 19.1 Å². The van der Waals surface area contributed by atoms with E-state index in [0.717, 1.165) is 5.75 Å². The molecular weight excluding hydrogens is 406 g/mol. The Hall–Kier alpha value is 0.1000. The Morgan fingerprint density at radius 2 is 2.10 bits per heavy atom. The van der Waals surface area contributed by atoms with Crippen molar-refractivity contribution in [2.75, 3.05) is 31.1 Å². The van der Waals surface area contributed by atoms with Gasteiger partial charge in [0.15, 0.2) is 5.96 Å². The highest BCUT2D eigenvalue weighted by Crippen LogP contribution is 2.27. The van der Waals surface area contributed by atoms with Crippen LogP contribution in [-0.4, -0.2) is 54.0 Å². The second-order valence-corrected chi connectivity index (χ2v) is 5.62. The van der Waals surface area contributed by atoms with Crippen molar-refractivity contribution in [2.24, 2.45) is 4.99 Å². The molecule has 1 fully saturated rings. The summed E-state index contributed by atoms with van der Waals surface area (Å²) in [6.45, 7) is 2.38. The smallest absolute Gasteiger partial charge is 0.387 e. The molecule has 0 saturated carbocycles. The van der Waals surface area contributed by atoms with Gasteiger partial charge in [0.1, 0.15) is 0 Å². The van der Waals surface area contributed by atoms with E-state index in [-0.39, 0.29) is 37.1 Å². The van der Waals surface area contributed by atoms with Crippen molar-refractivity contribution in [3.63, 3.8) is 0 Å². The lowest BCUT2D eigenvalue weighted by Crippen LogP contribution is -2.41. The van der Waals surface area contributed by atoms with Crippen LogP contribution in [0.15, 0.2) is 4.99 Å². The number of hydrogen-bond donors (Lipinski definition) is 3. The average Bonchev–Trinajstić information content (AvgIpc) is 2.72. The largest absolute Gasteiger partial charge is 0.390 e. The van der Waals surface area contributed by atoms with Crippen LogP contribution in [0.4, 0.5) is 13.2 Å². The first kappa shape index (κ1) is 20.1. The Kier molecular flexibility index (Phi) is 9.23. The second-order valence-electron chi connectivity index (χ2n) is 4.51. The number of thioether (sulfide) groups is 1. The molecule has 0 radical (unpaired) electrons. The van der Waals surface area contributed by atoms with E-state index in [1.165, 1.54) is 0 Å². The summed E-state index contributed by atoms with van der Waals surface area (Å²) in [5.74, 6) is 1.83. The molecule has 0 spiro atoms. The zero-order valence-electron chi connectivity index (χ0n) is 11.3. The number of halogens is 4. The topological polar surface area (TPSA) is 56.7 Å². The Morgan fingerprint density at radius 3 is 2.60 bits per heavy atom. The van der Waals surface area contributed by atoms with Gasteiger partial charge in [-0.1, -0.05) is 0 Å². The molecule has 9 heteroatoms. The van der Waals surface area contributed by atoms with E-state index >= 15 is 0 Å². The Bertz CT molecular complexity index is 310. The number of nitrogens with one attached hydrogen (secondary N) is 2. The van der Waals surface area contributed by atoms with Gasteiger partial charge in [0.05, 0.1) is 18.6 Å². The maximum absolute atomic E-state index is 12.0. The molecular formula is C11H21F3IN3OS. The molecule has 1 rings (SSSR count). The number of hydrogen-bond acceptors (Lipinski definition) is 3. The molecule has 0 aromatic carbocycles. The molecule has 0 aromatic heterocycles. The minimum absolute atomic E-state index is 0. The molecule has 1 aliphatic heterocycles. The summed E-state index contributed by atoms with van der Waals surface area (Å²) in [4.78, 5) is 4.15. The highest BCUT2D eigenvalue weighted by Gasteiger charge is 2.31. The molecule has 0 bridgehead atoms. The predicted octanol–water partition coefficient (Wildman–Crippen LogP) is 1.98. The van der Waals surface area contributed by atoms with Gasteiger partial charge in [-0.15, -0.1) is 24.0 Å². The summed E-state index contributed by atoms with van der Waals surface area (Å²) in [6, 6.07) is 0. The molecule has 1 saturated heterocycles. The van der Waals surface area contributed by atoms with Crippen LogP contribution in [0.5, 0.6) is 0 Å². The van der Waals surface area contributed by atoms with E-state index in [0.29, 0.717) is 24.7 Å². The lowest BCUT2D eigenvalue weighted by atomic mass is 10.1. The van der Waals surface area contributed by atoms with Gasteiger partial charge in [-0.25, -0.2) is 0 Å². The van der Waals surface area contributed by atoms with E-state index < -0.39 is 18.2 Å². The molecule has 120 valence electrons. The Labute approximate surface area is 138 Å². The first-order chi connectivity index (χ1) is 8.85. The fourth-order valence-corrected chi connectivity index (χ4v) is 2.90. The quantitative estimate of drug-likeness (QED) is 0.357. The van der Waals surface area contributed by atoms with Crippen LogP contribution < -0.4 is 10.6 Å². The van der Waals surface area contributed by atoms with Crippen molar-refractivity contribution in [1.29, 1.82) is 0 Å². The van der Waals surface area contributed by atoms with Crippen molar-refractivity contribution < 1.29 is 18.3 Å². The molecule has 4 nitrogen and oxygen atoms in total. The van der Waals surface area contributed by atoms with Crippen molar-refractivity contribution in [3.8, 4) is 0 Å². The number of aliphatic hydroxyl groups is 1. The molecule has 1 atom stereocenters. The van der Waals surface area contributed by atoms with E-state index in [2.05, 4.69) is 15.6 Å². The molecule has 20 heavy (non-hydrogen) atoms. The molecule has 1 heterocycles. The van der Waals surface area contributed by atoms with Crippen molar-refractivity contribution in [3.05, 3.63) is 0 Å². The summed E-state index contributed by atoms with van der Waals surface area (Å²) >= 11 is 1.66. The minimum Gasteiger partial charge on any atom is -0.387 e. The predicted molar refractivity (Wildman–Crippen MR) is 87.0 cm³/mol. The van der Waals surface area contributed by atoms with E-state index in [1.807, 2.05) is 6.92 Å². The van der Waals surface area contributed by atoms with Crippen LogP contribution in [0.25, 0.3) is 0 Å². The van der Waals surface area contributed by atoms with E-state index in [4.69, 9.17) is 0 Å². The van der Waals surface area contributed by atoms with Crippen molar-refractivity contribution >= 4 is 41.7 Å². The zero-order chi connectivity index (χ0) is 14.4. The summed E-state index contributed by atoms with van der Waals surface area (Å²) in [5, 5.41) is 15.6. The zero-order valence-corrected chi connectivity index (χ0v) is 14.4. The van der Waals surface area contributed by atoms with Gasteiger partial charge in [0.25, 0.3) is 0 Å². The standard InChI is InChI=1S/C11H20F3N3OS.HI/c1-2-15-9(16-5-3-11(12,13)14)17-7-10(18)4-6-19-8-10;/h18H,2-8H2,1H3,(H2,15,16,17);1H. The number of aliphatic imine (C=N–C) groups is 1. The third-order valence-corrected chi connectivity index (χ3v) is 3.89. The molecule has 0 aromatic rings. The number of alkyl halides is 3. The number of rotatable bonds is 5. The average molecular weight is 427 g/mol. The highest BCUT2D eigenvalue weighted by atomic mass is 127. The third-order valence-electron chi connectivity index (χ3n) is 2.66. The summed E-state index contributed by atoms with van der Waals surface area (Å²) < 4.78 is 36.1. The van der Waals surface area contributed by atoms with E-state index in [1.54, 1.807) is 11.8 Å². The molecule has 3 N–H and O–H groups in total. The Balaban J connectivity index is 0.00000361. The third kappa shape index (κ3) is 8.40. The number of guanidine groups is 1. The van der Waals surface area contributed by atoms with Crippen molar-refractivity contribution in [1.82, 2.24) is 10.6 Å². The summed E-state index contributed by atoms with van der Waals surface area (Å²) in [7, 11) is 0. The van der Waals surface area contributed by atoms with Gasteiger partial charge >= 0.3 is 6.18 Å². The van der Waals surface area contributed by atoms with Crippen LogP contribution >= 0.6 is 35.7 Å². The SMILES string of the molecule is CCNC(=NCC1(O)CCSC1)NCCC(F)(F)F.I. The van der Waals surface area contributed by atoms with Crippen LogP contribution in [0.3, 0.4) is 0 Å². The van der Waals surface area contributed by atoms with Crippen LogP contribution in [-0.2, 0) is 0 Å². The monoisotopic (exact) mass is 427 g/mol. The fraction of sp³-hybridized carbons (Fsp3) is 0.909. The second kappa shape index (κ2) is 9.19.